The number of hydrogen-bond donors (Lipinski definition) is 2. The molecule has 7 heteroatoms. The SMILES string of the molecule is O=C(c1cc(-c2ccccn2)n[nH]1)N1CCCC[C@@H]1c1nc2ccccc2[nH]1. The van der Waals surface area contributed by atoms with Crippen LogP contribution in [0.15, 0.2) is 54.7 Å². The van der Waals surface area contributed by atoms with Gasteiger partial charge in [-0.3, -0.25) is 14.9 Å². The van der Waals surface area contributed by atoms with Crippen LogP contribution in [0.4, 0.5) is 0 Å². The Morgan fingerprint density at radius 2 is 1.96 bits per heavy atom. The zero-order chi connectivity index (χ0) is 18.9. The summed E-state index contributed by atoms with van der Waals surface area (Å²) < 4.78 is 0. The van der Waals surface area contributed by atoms with Crippen molar-refractivity contribution in [1.82, 2.24) is 30.0 Å². The van der Waals surface area contributed by atoms with Gasteiger partial charge in [0.2, 0.25) is 0 Å². The van der Waals surface area contributed by atoms with Crippen molar-refractivity contribution in [2.45, 2.75) is 25.3 Å². The number of para-hydroxylation sites is 2. The number of rotatable bonds is 3. The first kappa shape index (κ1) is 16.7. The number of carbonyl (C=O) groups excluding carboxylic acids is 1. The first-order valence-corrected chi connectivity index (χ1v) is 9.52. The maximum Gasteiger partial charge on any atom is 0.272 e. The molecule has 1 aliphatic rings. The van der Waals surface area contributed by atoms with E-state index in [0.717, 1.165) is 41.8 Å². The van der Waals surface area contributed by atoms with Crippen LogP contribution in [0.3, 0.4) is 0 Å². The molecule has 1 amide bonds. The molecule has 140 valence electrons. The Kier molecular flexibility index (Phi) is 4.12. The molecule has 28 heavy (non-hydrogen) atoms. The lowest BCUT2D eigenvalue weighted by molar-refractivity contribution is 0.0595. The smallest absolute Gasteiger partial charge is 0.272 e. The Bertz CT molecular complexity index is 1080. The summed E-state index contributed by atoms with van der Waals surface area (Å²) in [7, 11) is 0. The third kappa shape index (κ3) is 2.94. The maximum absolute atomic E-state index is 13.2. The molecule has 0 spiro atoms. The average Bonchev–Trinajstić information content (AvgIpc) is 3.41. The van der Waals surface area contributed by atoms with Gasteiger partial charge < -0.3 is 9.88 Å². The third-order valence-electron chi connectivity index (χ3n) is 5.22. The van der Waals surface area contributed by atoms with E-state index in [-0.39, 0.29) is 11.9 Å². The third-order valence-corrected chi connectivity index (χ3v) is 5.22. The highest BCUT2D eigenvalue weighted by atomic mass is 16.2. The number of benzene rings is 1. The standard InChI is InChI=1S/C21H20N6O/c28-21(18-13-17(25-26-18)14-7-3-5-11-22-14)27-12-6-4-10-19(27)20-23-15-8-1-2-9-16(15)24-20/h1-3,5,7-9,11,13,19H,4,6,10,12H2,(H,23,24)(H,25,26)/t19-/m1/s1. The Hall–Kier alpha value is -3.48. The Morgan fingerprint density at radius 1 is 1.07 bits per heavy atom. The topological polar surface area (TPSA) is 90.6 Å². The summed E-state index contributed by atoms with van der Waals surface area (Å²) in [6, 6.07) is 15.3. The molecule has 3 aromatic heterocycles. The molecule has 0 unspecified atom stereocenters. The highest BCUT2D eigenvalue weighted by molar-refractivity contribution is 5.93. The first-order chi connectivity index (χ1) is 13.8. The van der Waals surface area contributed by atoms with Crippen LogP contribution in [0.2, 0.25) is 0 Å². The van der Waals surface area contributed by atoms with E-state index in [1.54, 1.807) is 12.3 Å². The van der Waals surface area contributed by atoms with Gasteiger partial charge in [-0.05, 0) is 49.6 Å². The van der Waals surface area contributed by atoms with Gasteiger partial charge in [0.15, 0.2) is 0 Å². The molecule has 1 fully saturated rings. The Morgan fingerprint density at radius 3 is 2.82 bits per heavy atom. The minimum Gasteiger partial charge on any atom is -0.340 e. The zero-order valence-corrected chi connectivity index (χ0v) is 15.3. The van der Waals surface area contributed by atoms with Gasteiger partial charge in [-0.2, -0.15) is 5.10 Å². The number of nitrogens with one attached hydrogen (secondary N) is 2. The number of fused-ring (bicyclic) bond motifs is 1. The van der Waals surface area contributed by atoms with Crippen LogP contribution in [0.1, 0.15) is 41.6 Å². The Balaban J connectivity index is 1.45. The normalized spacial score (nSPS) is 17.1. The quantitative estimate of drug-likeness (QED) is 0.573. The summed E-state index contributed by atoms with van der Waals surface area (Å²) >= 11 is 0. The molecule has 2 N–H and O–H groups in total. The van der Waals surface area contributed by atoms with Crippen LogP contribution in [0, 0.1) is 0 Å². The molecule has 1 aliphatic heterocycles. The van der Waals surface area contributed by atoms with Gasteiger partial charge in [-0.1, -0.05) is 18.2 Å². The fourth-order valence-corrected chi connectivity index (χ4v) is 3.82. The number of hydrogen-bond acceptors (Lipinski definition) is 4. The summed E-state index contributed by atoms with van der Waals surface area (Å²) in [5.41, 5.74) is 3.80. The van der Waals surface area contributed by atoms with E-state index in [1.165, 1.54) is 0 Å². The number of H-pyrrole nitrogens is 2. The second-order valence-electron chi connectivity index (χ2n) is 7.03. The molecule has 0 aliphatic carbocycles. The zero-order valence-electron chi connectivity index (χ0n) is 15.3. The molecule has 0 bridgehead atoms. The number of piperidine rings is 1. The number of carbonyl (C=O) groups is 1. The molecular formula is C21H20N6O. The van der Waals surface area contributed by atoms with Crippen LogP contribution in [0.25, 0.3) is 22.4 Å². The summed E-state index contributed by atoms with van der Waals surface area (Å²) in [5.74, 6) is 0.790. The van der Waals surface area contributed by atoms with Gasteiger partial charge in [-0.15, -0.1) is 0 Å². The van der Waals surface area contributed by atoms with Crippen LogP contribution in [0.5, 0.6) is 0 Å². The van der Waals surface area contributed by atoms with Gasteiger partial charge in [0.1, 0.15) is 17.2 Å². The Labute approximate surface area is 161 Å². The minimum absolute atomic E-state index is 0.0557. The van der Waals surface area contributed by atoms with Gasteiger partial charge >= 0.3 is 0 Å². The van der Waals surface area contributed by atoms with E-state index >= 15 is 0 Å². The lowest BCUT2D eigenvalue weighted by atomic mass is 10.0. The number of imidazole rings is 1. The van der Waals surface area contributed by atoms with E-state index in [9.17, 15) is 4.79 Å². The fourth-order valence-electron chi connectivity index (χ4n) is 3.82. The molecule has 7 nitrogen and oxygen atoms in total. The summed E-state index contributed by atoms with van der Waals surface area (Å²) in [5, 5.41) is 7.16. The molecular weight excluding hydrogens is 352 g/mol. The lowest BCUT2D eigenvalue weighted by Crippen LogP contribution is -2.39. The van der Waals surface area contributed by atoms with Crippen LogP contribution >= 0.6 is 0 Å². The first-order valence-electron chi connectivity index (χ1n) is 9.52. The van der Waals surface area contributed by atoms with Crippen LogP contribution in [-0.4, -0.2) is 42.5 Å². The van der Waals surface area contributed by atoms with Crippen molar-refractivity contribution in [2.24, 2.45) is 0 Å². The molecule has 1 atom stereocenters. The van der Waals surface area contributed by atoms with E-state index in [1.807, 2.05) is 47.4 Å². The van der Waals surface area contributed by atoms with Gasteiger partial charge in [0.25, 0.3) is 5.91 Å². The number of likely N-dealkylation sites (tertiary alicyclic amines) is 1. The minimum atomic E-state index is -0.0600. The highest BCUT2D eigenvalue weighted by Gasteiger charge is 2.31. The van der Waals surface area contributed by atoms with Crippen molar-refractivity contribution in [2.75, 3.05) is 6.54 Å². The predicted octanol–water partition coefficient (Wildman–Crippen LogP) is 3.72. The van der Waals surface area contributed by atoms with Crippen molar-refractivity contribution in [3.8, 4) is 11.4 Å². The number of aromatic amines is 2. The van der Waals surface area contributed by atoms with E-state index < -0.39 is 0 Å². The number of aromatic nitrogens is 5. The highest BCUT2D eigenvalue weighted by Crippen LogP contribution is 2.31. The van der Waals surface area contributed by atoms with Crippen LogP contribution in [-0.2, 0) is 0 Å². The number of nitrogens with zero attached hydrogens (tertiary/aromatic N) is 4. The summed E-state index contributed by atoms with van der Waals surface area (Å²) in [6.45, 7) is 0.707. The molecule has 5 rings (SSSR count). The van der Waals surface area contributed by atoms with Crippen molar-refractivity contribution >= 4 is 16.9 Å². The van der Waals surface area contributed by atoms with E-state index in [2.05, 4.69) is 20.2 Å². The van der Waals surface area contributed by atoms with Crippen molar-refractivity contribution in [3.63, 3.8) is 0 Å². The number of amides is 1. The van der Waals surface area contributed by atoms with Crippen LogP contribution < -0.4 is 0 Å². The molecule has 4 aromatic rings. The van der Waals surface area contributed by atoms with Gasteiger partial charge in [-0.25, -0.2) is 4.98 Å². The second-order valence-corrected chi connectivity index (χ2v) is 7.03. The molecule has 4 heterocycles. The molecule has 1 saturated heterocycles. The summed E-state index contributed by atoms with van der Waals surface area (Å²) in [6.07, 6.45) is 4.68. The maximum atomic E-state index is 13.2. The monoisotopic (exact) mass is 372 g/mol. The van der Waals surface area contributed by atoms with E-state index in [0.29, 0.717) is 17.9 Å². The van der Waals surface area contributed by atoms with Crippen molar-refractivity contribution in [1.29, 1.82) is 0 Å². The molecule has 0 saturated carbocycles. The van der Waals surface area contributed by atoms with Crippen molar-refractivity contribution < 1.29 is 4.79 Å². The van der Waals surface area contributed by atoms with Gasteiger partial charge in [0.05, 0.1) is 22.8 Å². The lowest BCUT2D eigenvalue weighted by Gasteiger charge is -2.34. The molecule has 0 radical (unpaired) electrons. The van der Waals surface area contributed by atoms with E-state index in [4.69, 9.17) is 4.98 Å². The molecule has 1 aromatic carbocycles. The van der Waals surface area contributed by atoms with Gasteiger partial charge in [0, 0.05) is 12.7 Å². The predicted molar refractivity (Wildman–Crippen MR) is 106 cm³/mol. The number of pyridine rings is 1. The van der Waals surface area contributed by atoms with Crippen molar-refractivity contribution in [3.05, 3.63) is 66.2 Å². The second kappa shape index (κ2) is 6.92. The summed E-state index contributed by atoms with van der Waals surface area (Å²) in [4.78, 5) is 27.6. The largest absolute Gasteiger partial charge is 0.340 e. The fraction of sp³-hybridized carbons (Fsp3) is 0.238. The average molecular weight is 372 g/mol.